The largest absolute Gasteiger partial charge is 0.453 e. The van der Waals surface area contributed by atoms with Crippen molar-refractivity contribution in [2.75, 3.05) is 9.80 Å². The van der Waals surface area contributed by atoms with Gasteiger partial charge in [-0.3, -0.25) is 0 Å². The molecule has 0 spiro atoms. The van der Waals surface area contributed by atoms with Crippen LogP contribution in [0.3, 0.4) is 0 Å². The number of rotatable bonds is 3. The SMILES string of the molecule is N#Cc1c(-n2c3ccc(N4c5ccccc5Oc5ccccc54)cc3c3cc(N4c5ccccc5Oc5ccccc54)ccc32)c(C#N)c2c3c1-n1c4ccccc4c4cccc(c41)B3c1cccc3c4ccccc4n-2c13. The molecule has 0 amide bonds. The van der Waals surface area contributed by atoms with Gasteiger partial charge >= 0.3 is 0 Å². The van der Waals surface area contributed by atoms with Gasteiger partial charge in [0.25, 0.3) is 6.71 Å². The van der Waals surface area contributed by atoms with Gasteiger partial charge in [-0.25, -0.2) is 0 Å². The van der Waals surface area contributed by atoms with Crippen LogP contribution in [0.5, 0.6) is 23.0 Å². The molecule has 0 fully saturated rings. The number of nitrogens with zero attached hydrogens (tertiary/aromatic N) is 7. The van der Waals surface area contributed by atoms with E-state index >= 15 is 0 Å². The second-order valence-corrected chi connectivity index (χ2v) is 20.5. The zero-order chi connectivity index (χ0) is 51.1. The van der Waals surface area contributed by atoms with Crippen LogP contribution in [0, 0.1) is 22.7 Å². The van der Waals surface area contributed by atoms with Crippen LogP contribution in [0.15, 0.2) is 218 Å². The van der Waals surface area contributed by atoms with E-state index in [2.05, 4.69) is 181 Å². The maximum atomic E-state index is 12.3. The Hall–Kier alpha value is -10.9. The first kappa shape index (κ1) is 41.4. The average molecular weight is 994 g/mol. The fraction of sp³-hybridized carbons (Fsp3) is 0. The lowest BCUT2D eigenvalue weighted by Crippen LogP contribution is -2.60. The highest BCUT2D eigenvalue weighted by molar-refractivity contribution is 7.00. The number of para-hydroxylation sites is 12. The van der Waals surface area contributed by atoms with Gasteiger partial charge in [0.1, 0.15) is 23.3 Å². The summed E-state index contributed by atoms with van der Waals surface area (Å²) < 4.78 is 19.9. The lowest BCUT2D eigenvalue weighted by Gasteiger charge is -2.36. The van der Waals surface area contributed by atoms with Crippen LogP contribution in [0.25, 0.3) is 82.5 Å². The summed E-state index contributed by atoms with van der Waals surface area (Å²) in [7, 11) is 0. The highest BCUT2D eigenvalue weighted by Gasteiger charge is 2.45. The molecule has 0 saturated heterocycles. The van der Waals surface area contributed by atoms with E-state index in [0.29, 0.717) is 16.8 Å². The Morgan fingerprint density at radius 2 is 0.705 bits per heavy atom. The summed E-state index contributed by atoms with van der Waals surface area (Å²) in [6.07, 6.45) is 0. The Morgan fingerprint density at radius 1 is 0.333 bits per heavy atom. The molecule has 0 unspecified atom stereocenters. The Morgan fingerprint density at radius 3 is 1.13 bits per heavy atom. The molecule has 7 heterocycles. The molecule has 11 aromatic carbocycles. The molecule has 10 heteroatoms. The summed E-state index contributed by atoms with van der Waals surface area (Å²) in [4.78, 5) is 4.53. The maximum Gasteiger partial charge on any atom is 0.252 e. The molecular formula is C68H36BN7O2. The molecule has 4 aliphatic heterocycles. The average Bonchev–Trinajstić information content (AvgIpc) is 4.27. The molecule has 14 aromatic rings. The molecule has 4 aliphatic rings. The lowest BCUT2D eigenvalue weighted by molar-refractivity contribution is 0.477. The van der Waals surface area contributed by atoms with Crippen LogP contribution in [-0.4, -0.2) is 20.4 Å². The summed E-state index contributed by atoms with van der Waals surface area (Å²) in [5.41, 5.74) is 17.6. The Labute approximate surface area is 445 Å². The van der Waals surface area contributed by atoms with Crippen LogP contribution < -0.4 is 35.7 Å². The molecule has 358 valence electrons. The first-order valence-electron chi connectivity index (χ1n) is 26.2. The highest BCUT2D eigenvalue weighted by Crippen LogP contribution is 2.54. The summed E-state index contributed by atoms with van der Waals surface area (Å²) in [5, 5.41) is 30.9. The van der Waals surface area contributed by atoms with Crippen LogP contribution in [0.2, 0.25) is 0 Å². The van der Waals surface area contributed by atoms with E-state index < -0.39 is 0 Å². The van der Waals surface area contributed by atoms with Crippen molar-refractivity contribution in [2.24, 2.45) is 0 Å². The number of nitriles is 2. The minimum Gasteiger partial charge on any atom is -0.453 e. The molecular weight excluding hydrogens is 958 g/mol. The molecule has 0 atom stereocenters. The summed E-state index contributed by atoms with van der Waals surface area (Å²) in [5.74, 6) is 3.02. The van der Waals surface area contributed by atoms with Crippen molar-refractivity contribution in [3.63, 3.8) is 0 Å². The van der Waals surface area contributed by atoms with Crippen molar-refractivity contribution in [1.82, 2.24) is 13.7 Å². The zero-order valence-corrected chi connectivity index (χ0v) is 41.3. The summed E-state index contributed by atoms with van der Waals surface area (Å²) in [6, 6.07) is 81.7. The predicted octanol–water partition coefficient (Wildman–Crippen LogP) is 15.0. The van der Waals surface area contributed by atoms with Gasteiger partial charge in [0.05, 0.1) is 61.9 Å². The Balaban J connectivity index is 1.01. The maximum absolute atomic E-state index is 12.3. The minimum atomic E-state index is -0.272. The fourth-order valence-corrected chi connectivity index (χ4v) is 13.9. The number of aromatic nitrogens is 3. The molecule has 18 rings (SSSR count). The smallest absolute Gasteiger partial charge is 0.252 e. The van der Waals surface area contributed by atoms with Crippen LogP contribution in [-0.2, 0) is 0 Å². The van der Waals surface area contributed by atoms with E-state index in [-0.39, 0.29) is 6.71 Å². The van der Waals surface area contributed by atoms with Crippen LogP contribution in [0.4, 0.5) is 34.1 Å². The van der Waals surface area contributed by atoms with Crippen molar-refractivity contribution in [3.05, 3.63) is 230 Å². The van der Waals surface area contributed by atoms with E-state index in [1.807, 2.05) is 72.8 Å². The second-order valence-electron chi connectivity index (χ2n) is 20.5. The summed E-state index contributed by atoms with van der Waals surface area (Å²) >= 11 is 0. The number of fused-ring (bicyclic) bond motifs is 17. The van der Waals surface area contributed by atoms with Crippen molar-refractivity contribution < 1.29 is 9.47 Å². The highest BCUT2D eigenvalue weighted by atomic mass is 16.5. The Bertz CT molecular complexity index is 4780. The zero-order valence-electron chi connectivity index (χ0n) is 41.3. The Kier molecular flexibility index (Phi) is 7.91. The van der Waals surface area contributed by atoms with E-state index in [4.69, 9.17) is 9.47 Å². The standard InChI is InChI=1S/C68H36BN7O2/c70-37-47-64(48(38-71)68-63-67(47)75-51-21-3-1-15-41(51)43-17-13-19-49(65(43)75)69(63)50-20-14-18-44-42-16-2-4-22-52(42)76(68)66(44)50)74-53-33-31-39(72-55-23-5-9-27-59(55)77-60-28-10-6-24-56(60)72)35-45(53)46-36-40(32-34-54(46)74)73-57-25-7-11-29-61(57)78-62-30-12-8-26-58(62)73/h1-36H. The van der Waals surface area contributed by atoms with Gasteiger partial charge in [-0.15, -0.1) is 0 Å². The molecule has 78 heavy (non-hydrogen) atoms. The summed E-state index contributed by atoms with van der Waals surface area (Å²) in [6.45, 7) is -0.272. The predicted molar refractivity (Wildman–Crippen MR) is 313 cm³/mol. The van der Waals surface area contributed by atoms with Gasteiger partial charge in [0.2, 0.25) is 0 Å². The molecule has 9 nitrogen and oxygen atoms in total. The quantitative estimate of drug-likeness (QED) is 0.164. The van der Waals surface area contributed by atoms with Gasteiger partial charge < -0.3 is 33.0 Å². The number of benzene rings is 11. The van der Waals surface area contributed by atoms with Crippen LogP contribution >= 0.6 is 0 Å². The molecule has 0 N–H and O–H groups in total. The van der Waals surface area contributed by atoms with Crippen molar-refractivity contribution in [2.45, 2.75) is 0 Å². The molecule has 0 radical (unpaired) electrons. The molecule has 3 aromatic heterocycles. The van der Waals surface area contributed by atoms with Gasteiger partial charge in [0, 0.05) is 54.7 Å². The topological polar surface area (TPSA) is 87.3 Å². The third-order valence-corrected chi connectivity index (χ3v) is 16.8. The normalized spacial score (nSPS) is 13.2. The second kappa shape index (κ2) is 14.9. The van der Waals surface area contributed by atoms with E-state index in [9.17, 15) is 10.5 Å². The number of ether oxygens (including phenoxy) is 2. The van der Waals surface area contributed by atoms with Gasteiger partial charge in [0.15, 0.2) is 23.0 Å². The number of anilines is 6. The minimum absolute atomic E-state index is 0.272. The number of hydrogen-bond acceptors (Lipinski definition) is 6. The number of hydrogen-bond donors (Lipinski definition) is 0. The van der Waals surface area contributed by atoms with Crippen molar-refractivity contribution in [3.8, 4) is 52.2 Å². The monoisotopic (exact) mass is 993 g/mol. The first-order valence-corrected chi connectivity index (χ1v) is 26.2. The molecule has 0 bridgehead atoms. The third-order valence-electron chi connectivity index (χ3n) is 16.8. The fourth-order valence-electron chi connectivity index (χ4n) is 13.9. The van der Waals surface area contributed by atoms with Crippen molar-refractivity contribution >= 4 is 123 Å². The molecule has 0 aliphatic carbocycles. The third kappa shape index (κ3) is 5.09. The molecule has 0 saturated carbocycles. The van der Waals surface area contributed by atoms with E-state index in [1.54, 1.807) is 0 Å². The van der Waals surface area contributed by atoms with Gasteiger partial charge in [-0.05, 0) is 113 Å². The van der Waals surface area contributed by atoms with Gasteiger partial charge in [-0.1, -0.05) is 121 Å². The van der Waals surface area contributed by atoms with E-state index in [0.717, 1.165) is 150 Å². The van der Waals surface area contributed by atoms with E-state index in [1.165, 1.54) is 0 Å². The van der Waals surface area contributed by atoms with Crippen molar-refractivity contribution in [1.29, 1.82) is 10.5 Å². The van der Waals surface area contributed by atoms with Crippen LogP contribution in [0.1, 0.15) is 11.1 Å². The first-order chi connectivity index (χ1) is 38.7. The lowest BCUT2D eigenvalue weighted by atomic mass is 9.34. The van der Waals surface area contributed by atoms with Gasteiger partial charge in [-0.2, -0.15) is 10.5 Å².